The number of aliphatic hydroxyl groups is 2. The van der Waals surface area contributed by atoms with Crippen LogP contribution >= 0.6 is 0 Å². The van der Waals surface area contributed by atoms with Crippen LogP contribution in [0.25, 0.3) is 0 Å². The third-order valence-electron chi connectivity index (χ3n) is 3.37. The van der Waals surface area contributed by atoms with Crippen molar-refractivity contribution < 1.29 is 28.2 Å². The topological polar surface area (TPSA) is 113 Å². The summed E-state index contributed by atoms with van der Waals surface area (Å²) in [5.41, 5.74) is 0.919. The van der Waals surface area contributed by atoms with Gasteiger partial charge in [0, 0.05) is 13.0 Å². The Labute approximate surface area is 136 Å². The summed E-state index contributed by atoms with van der Waals surface area (Å²) in [5.74, 6) is -0.600. The lowest BCUT2D eigenvalue weighted by molar-refractivity contribution is -0.156. The van der Waals surface area contributed by atoms with Crippen molar-refractivity contribution in [3.05, 3.63) is 29.8 Å². The molecule has 0 saturated carbocycles. The number of sulfonamides is 1. The predicted octanol–water partition coefficient (Wildman–Crippen LogP) is 0.335. The lowest BCUT2D eigenvalue weighted by Gasteiger charge is -2.28. The number of ether oxygens (including phenoxy) is 1. The summed E-state index contributed by atoms with van der Waals surface area (Å²) in [6.45, 7) is 5.85. The standard InChI is InChI=1S/C15H23NO6S/c1-9-5-7-13(8-6-9)23(20,21)16-10(2)14(18)15(19)11(3)22-12(4)17/h5-8,10-11,14-16,18-19H,1-4H3/t10-,11+,14+,15+/m0/s1. The molecule has 0 unspecified atom stereocenters. The van der Waals surface area contributed by atoms with Crippen LogP contribution in [0.4, 0.5) is 0 Å². The van der Waals surface area contributed by atoms with Gasteiger partial charge in [0.2, 0.25) is 10.0 Å². The summed E-state index contributed by atoms with van der Waals surface area (Å²) in [6, 6.07) is 5.25. The number of aryl methyl sites for hydroxylation is 1. The molecule has 0 heterocycles. The molecule has 0 radical (unpaired) electrons. The number of hydrogen-bond acceptors (Lipinski definition) is 6. The Balaban J connectivity index is 2.78. The SMILES string of the molecule is CC(=O)O[C@H](C)[C@@H](O)[C@H](O)[C@H](C)NS(=O)(=O)c1ccc(C)cc1. The van der Waals surface area contributed by atoms with Crippen molar-refractivity contribution in [3.63, 3.8) is 0 Å². The van der Waals surface area contributed by atoms with Crippen LogP contribution < -0.4 is 4.72 Å². The second kappa shape index (κ2) is 7.87. The molecule has 130 valence electrons. The van der Waals surface area contributed by atoms with E-state index in [0.29, 0.717) is 0 Å². The van der Waals surface area contributed by atoms with Gasteiger partial charge in [-0.2, -0.15) is 0 Å². The molecule has 0 aliphatic carbocycles. The highest BCUT2D eigenvalue weighted by atomic mass is 32.2. The maximum absolute atomic E-state index is 12.2. The molecule has 0 amide bonds. The predicted molar refractivity (Wildman–Crippen MR) is 84.2 cm³/mol. The van der Waals surface area contributed by atoms with Crippen LogP contribution in [0.3, 0.4) is 0 Å². The first-order valence-electron chi connectivity index (χ1n) is 7.17. The van der Waals surface area contributed by atoms with Crippen LogP contribution in [-0.2, 0) is 19.6 Å². The Morgan fingerprint density at radius 1 is 1.13 bits per heavy atom. The van der Waals surface area contributed by atoms with Crippen molar-refractivity contribution in [1.82, 2.24) is 4.72 Å². The van der Waals surface area contributed by atoms with E-state index in [1.165, 1.54) is 32.9 Å². The number of esters is 1. The van der Waals surface area contributed by atoms with Crippen molar-refractivity contribution >= 4 is 16.0 Å². The van der Waals surface area contributed by atoms with E-state index in [1.54, 1.807) is 12.1 Å². The fourth-order valence-electron chi connectivity index (χ4n) is 2.00. The molecule has 0 bridgehead atoms. The number of hydrogen-bond donors (Lipinski definition) is 3. The first-order chi connectivity index (χ1) is 10.5. The summed E-state index contributed by atoms with van der Waals surface area (Å²) >= 11 is 0. The van der Waals surface area contributed by atoms with Crippen LogP contribution in [0.5, 0.6) is 0 Å². The van der Waals surface area contributed by atoms with Gasteiger partial charge in [0.1, 0.15) is 12.2 Å². The molecule has 1 aromatic carbocycles. The highest BCUT2D eigenvalue weighted by Gasteiger charge is 2.31. The third kappa shape index (κ3) is 5.58. The number of rotatable bonds is 7. The monoisotopic (exact) mass is 345 g/mol. The maximum atomic E-state index is 12.2. The quantitative estimate of drug-likeness (QED) is 0.614. The number of carbonyl (C=O) groups is 1. The first-order valence-corrected chi connectivity index (χ1v) is 8.65. The molecule has 0 aromatic heterocycles. The molecule has 7 nitrogen and oxygen atoms in total. The Kier molecular flexibility index (Phi) is 6.69. The molecular weight excluding hydrogens is 322 g/mol. The smallest absolute Gasteiger partial charge is 0.302 e. The van der Waals surface area contributed by atoms with Crippen LogP contribution in [-0.4, -0.2) is 49.0 Å². The van der Waals surface area contributed by atoms with Gasteiger partial charge in [0.25, 0.3) is 0 Å². The van der Waals surface area contributed by atoms with Crippen molar-refractivity contribution in [3.8, 4) is 0 Å². The second-order valence-corrected chi connectivity index (χ2v) is 7.23. The zero-order chi connectivity index (χ0) is 17.8. The van der Waals surface area contributed by atoms with Crippen molar-refractivity contribution in [2.75, 3.05) is 0 Å². The number of carbonyl (C=O) groups excluding carboxylic acids is 1. The number of benzene rings is 1. The van der Waals surface area contributed by atoms with Gasteiger partial charge < -0.3 is 14.9 Å². The fourth-order valence-corrected chi connectivity index (χ4v) is 3.26. The Morgan fingerprint density at radius 2 is 1.65 bits per heavy atom. The Morgan fingerprint density at radius 3 is 2.13 bits per heavy atom. The minimum Gasteiger partial charge on any atom is -0.460 e. The molecular formula is C15H23NO6S. The van der Waals surface area contributed by atoms with E-state index in [9.17, 15) is 23.4 Å². The summed E-state index contributed by atoms with van der Waals surface area (Å²) in [6.07, 6.45) is -3.83. The zero-order valence-corrected chi connectivity index (χ0v) is 14.4. The molecule has 0 aliphatic rings. The number of nitrogens with one attached hydrogen (secondary N) is 1. The van der Waals surface area contributed by atoms with Crippen LogP contribution in [0.1, 0.15) is 26.3 Å². The van der Waals surface area contributed by atoms with Gasteiger partial charge >= 0.3 is 5.97 Å². The van der Waals surface area contributed by atoms with Gasteiger partial charge in [-0.25, -0.2) is 13.1 Å². The highest BCUT2D eigenvalue weighted by Crippen LogP contribution is 2.13. The van der Waals surface area contributed by atoms with Crippen molar-refractivity contribution in [1.29, 1.82) is 0 Å². The van der Waals surface area contributed by atoms with E-state index in [2.05, 4.69) is 4.72 Å². The molecule has 3 N–H and O–H groups in total. The van der Waals surface area contributed by atoms with Gasteiger partial charge in [0.15, 0.2) is 0 Å². The molecule has 23 heavy (non-hydrogen) atoms. The van der Waals surface area contributed by atoms with Crippen molar-refractivity contribution in [2.24, 2.45) is 0 Å². The van der Waals surface area contributed by atoms with E-state index >= 15 is 0 Å². The van der Waals surface area contributed by atoms with E-state index in [1.807, 2.05) is 6.92 Å². The molecule has 0 aliphatic heterocycles. The van der Waals surface area contributed by atoms with Gasteiger partial charge in [-0.1, -0.05) is 17.7 Å². The van der Waals surface area contributed by atoms with Gasteiger partial charge in [-0.05, 0) is 32.9 Å². The summed E-state index contributed by atoms with van der Waals surface area (Å²) in [4.78, 5) is 10.9. The summed E-state index contributed by atoms with van der Waals surface area (Å²) in [5, 5.41) is 20.0. The van der Waals surface area contributed by atoms with E-state index < -0.39 is 40.3 Å². The van der Waals surface area contributed by atoms with Crippen LogP contribution in [0.15, 0.2) is 29.2 Å². The van der Waals surface area contributed by atoms with Crippen molar-refractivity contribution in [2.45, 2.75) is 56.9 Å². The normalized spacial score (nSPS) is 17.1. The third-order valence-corrected chi connectivity index (χ3v) is 4.94. The van der Waals surface area contributed by atoms with Crippen LogP contribution in [0, 0.1) is 6.92 Å². The van der Waals surface area contributed by atoms with Gasteiger partial charge in [-0.15, -0.1) is 0 Å². The zero-order valence-electron chi connectivity index (χ0n) is 13.6. The lowest BCUT2D eigenvalue weighted by atomic mass is 10.0. The second-order valence-electron chi connectivity index (χ2n) is 5.52. The highest BCUT2D eigenvalue weighted by molar-refractivity contribution is 7.89. The number of aliphatic hydroxyl groups excluding tert-OH is 2. The molecule has 4 atom stereocenters. The Hall–Kier alpha value is -1.48. The maximum Gasteiger partial charge on any atom is 0.302 e. The van der Waals surface area contributed by atoms with Gasteiger partial charge in [-0.3, -0.25) is 4.79 Å². The average Bonchev–Trinajstić information content (AvgIpc) is 2.44. The first kappa shape index (κ1) is 19.6. The molecule has 1 rings (SSSR count). The lowest BCUT2D eigenvalue weighted by Crippen LogP contribution is -2.50. The molecule has 0 spiro atoms. The fraction of sp³-hybridized carbons (Fsp3) is 0.533. The van der Waals surface area contributed by atoms with E-state index in [0.717, 1.165) is 5.56 Å². The Bertz CT molecular complexity index is 628. The van der Waals surface area contributed by atoms with E-state index in [-0.39, 0.29) is 4.90 Å². The minimum absolute atomic E-state index is 0.0599. The average molecular weight is 345 g/mol. The minimum atomic E-state index is -3.83. The molecule has 0 saturated heterocycles. The molecule has 8 heteroatoms. The summed E-state index contributed by atoms with van der Waals surface area (Å²) in [7, 11) is -3.83. The van der Waals surface area contributed by atoms with E-state index in [4.69, 9.17) is 4.74 Å². The van der Waals surface area contributed by atoms with Crippen LogP contribution in [0.2, 0.25) is 0 Å². The largest absolute Gasteiger partial charge is 0.460 e. The summed E-state index contributed by atoms with van der Waals surface area (Å²) < 4.78 is 31.6. The molecule has 0 fully saturated rings. The molecule has 1 aromatic rings. The van der Waals surface area contributed by atoms with Gasteiger partial charge in [0.05, 0.1) is 11.0 Å².